The van der Waals surface area contributed by atoms with Crippen molar-refractivity contribution in [2.24, 2.45) is 0 Å². The summed E-state index contributed by atoms with van der Waals surface area (Å²) in [5, 5.41) is 2.62. The van der Waals surface area contributed by atoms with Crippen LogP contribution >= 0.6 is 0 Å². The number of ether oxygens (including phenoxy) is 2. The minimum atomic E-state index is -3.71. The maximum Gasteiger partial charge on any atom is 0.339 e. The van der Waals surface area contributed by atoms with Gasteiger partial charge in [0.05, 0.1) is 17.6 Å². The first kappa shape index (κ1) is 28.6. The van der Waals surface area contributed by atoms with Crippen LogP contribution in [0.25, 0.3) is 11.6 Å². The normalized spacial score (nSPS) is 11.8. The molecule has 0 heterocycles. The molecule has 0 radical (unpaired) electrons. The Morgan fingerprint density at radius 2 is 1.66 bits per heavy atom. The van der Waals surface area contributed by atoms with Gasteiger partial charge in [-0.15, -0.1) is 0 Å². The zero-order chi connectivity index (χ0) is 27.7. The molecule has 0 aliphatic rings. The predicted molar refractivity (Wildman–Crippen MR) is 148 cm³/mol. The summed E-state index contributed by atoms with van der Waals surface area (Å²) in [7, 11) is -2.15. The second kappa shape index (κ2) is 13.0. The quantitative estimate of drug-likeness (QED) is 0.215. The molecule has 1 N–H and O–H groups in total. The maximum absolute atomic E-state index is 13.0. The molecule has 0 aliphatic carbocycles. The molecular weight excluding hydrogens is 504 g/mol. The lowest BCUT2D eigenvalue weighted by molar-refractivity contribution is -0.141. The summed E-state index contributed by atoms with van der Waals surface area (Å²) in [5.41, 5.74) is 2.49. The number of aryl methyl sites for hydroxylation is 1. The third-order valence-electron chi connectivity index (χ3n) is 5.84. The Morgan fingerprint density at radius 3 is 2.32 bits per heavy atom. The number of rotatable bonds is 11. The van der Waals surface area contributed by atoms with Crippen molar-refractivity contribution in [1.29, 1.82) is 0 Å². The second-order valence-corrected chi connectivity index (χ2v) is 10.3. The van der Waals surface area contributed by atoms with E-state index in [9.17, 15) is 18.0 Å². The van der Waals surface area contributed by atoms with Gasteiger partial charge in [0.25, 0.3) is 5.91 Å². The van der Waals surface area contributed by atoms with Gasteiger partial charge in [0.1, 0.15) is 5.75 Å². The first-order chi connectivity index (χ1) is 18.2. The van der Waals surface area contributed by atoms with Gasteiger partial charge >= 0.3 is 5.97 Å². The summed E-state index contributed by atoms with van der Waals surface area (Å²) < 4.78 is 37.9. The molecule has 0 saturated carbocycles. The zero-order valence-electron chi connectivity index (χ0n) is 21.9. The number of nitrogens with zero attached hydrogens (tertiary/aromatic N) is 1. The molecule has 3 rings (SSSR count). The Labute approximate surface area is 223 Å². The number of carbonyl (C=O) groups excluding carboxylic acids is 2. The molecule has 9 heteroatoms. The van der Waals surface area contributed by atoms with E-state index in [4.69, 9.17) is 9.47 Å². The molecule has 1 amide bonds. The number of esters is 1. The summed E-state index contributed by atoms with van der Waals surface area (Å²) in [5.74, 6) is -0.635. The fourth-order valence-electron chi connectivity index (χ4n) is 3.84. The van der Waals surface area contributed by atoms with Crippen molar-refractivity contribution in [2.45, 2.75) is 25.7 Å². The van der Waals surface area contributed by atoms with E-state index >= 15 is 0 Å². The number of sulfonamides is 1. The Bertz CT molecular complexity index is 1410. The van der Waals surface area contributed by atoms with E-state index in [1.807, 2.05) is 18.2 Å². The molecule has 3 aromatic rings. The van der Waals surface area contributed by atoms with Gasteiger partial charge in [-0.05, 0) is 54.0 Å². The van der Waals surface area contributed by atoms with Gasteiger partial charge in [-0.25, -0.2) is 13.2 Å². The highest BCUT2D eigenvalue weighted by Crippen LogP contribution is 2.24. The number of nitrogens with one attached hydrogen (secondary N) is 1. The fourth-order valence-corrected chi connectivity index (χ4v) is 5.55. The SMILES string of the molecule is CCN(CC)S(=O)(=O)c1cc(NC(=O)COC(=O)/C(=C/c2cccc(OC)c2)c2ccccc2)ccc1C. The topological polar surface area (TPSA) is 102 Å². The number of hydrogen-bond donors (Lipinski definition) is 1. The molecule has 38 heavy (non-hydrogen) atoms. The Hall–Kier alpha value is -3.95. The van der Waals surface area contributed by atoms with Crippen LogP contribution in [0.4, 0.5) is 5.69 Å². The molecule has 0 bridgehead atoms. The number of carbonyl (C=O) groups is 2. The monoisotopic (exact) mass is 536 g/mol. The van der Waals surface area contributed by atoms with Crippen molar-refractivity contribution in [1.82, 2.24) is 4.31 Å². The molecule has 0 unspecified atom stereocenters. The second-order valence-electron chi connectivity index (χ2n) is 8.39. The molecule has 0 fully saturated rings. The largest absolute Gasteiger partial charge is 0.497 e. The van der Waals surface area contributed by atoms with Crippen LogP contribution in [-0.2, 0) is 24.3 Å². The zero-order valence-corrected chi connectivity index (χ0v) is 22.7. The molecule has 0 saturated heterocycles. The summed E-state index contributed by atoms with van der Waals surface area (Å²) in [6.07, 6.45) is 1.67. The molecule has 0 spiro atoms. The van der Waals surface area contributed by atoms with Crippen molar-refractivity contribution in [3.63, 3.8) is 0 Å². The van der Waals surface area contributed by atoms with E-state index in [-0.39, 0.29) is 16.2 Å². The van der Waals surface area contributed by atoms with Gasteiger partial charge in [0.2, 0.25) is 10.0 Å². The lowest BCUT2D eigenvalue weighted by Crippen LogP contribution is -2.31. The van der Waals surface area contributed by atoms with Crippen LogP contribution in [0, 0.1) is 6.92 Å². The molecular formula is C29H32N2O6S. The van der Waals surface area contributed by atoms with Crippen molar-refractivity contribution < 1.29 is 27.5 Å². The molecule has 0 atom stereocenters. The van der Waals surface area contributed by atoms with Gasteiger partial charge in [0, 0.05) is 18.8 Å². The number of anilines is 1. The van der Waals surface area contributed by atoms with Crippen LogP contribution in [0.1, 0.15) is 30.5 Å². The third-order valence-corrected chi connectivity index (χ3v) is 8.03. The number of methoxy groups -OCH3 is 1. The number of hydrogen-bond acceptors (Lipinski definition) is 6. The standard InChI is InChI=1S/C29H32N2O6S/c1-5-31(6-2)38(34,35)27-19-24(16-15-21(27)3)30-28(32)20-37-29(33)26(23-12-8-7-9-13-23)18-22-11-10-14-25(17-22)36-4/h7-19H,5-6,20H2,1-4H3,(H,30,32)/b26-18+. The van der Waals surface area contributed by atoms with E-state index in [1.165, 1.54) is 10.4 Å². The van der Waals surface area contributed by atoms with Crippen LogP contribution in [0.15, 0.2) is 77.7 Å². The van der Waals surface area contributed by atoms with Gasteiger partial charge in [-0.1, -0.05) is 62.4 Å². The van der Waals surface area contributed by atoms with Crippen molar-refractivity contribution in [2.75, 3.05) is 32.1 Å². The minimum absolute atomic E-state index is 0.114. The van der Waals surface area contributed by atoms with E-state index in [1.54, 1.807) is 82.5 Å². The van der Waals surface area contributed by atoms with Crippen LogP contribution in [0.2, 0.25) is 0 Å². The number of amides is 1. The highest BCUT2D eigenvalue weighted by Gasteiger charge is 2.24. The summed E-state index contributed by atoms with van der Waals surface area (Å²) in [6.45, 7) is 5.35. The van der Waals surface area contributed by atoms with Crippen molar-refractivity contribution in [3.05, 3.63) is 89.5 Å². The highest BCUT2D eigenvalue weighted by molar-refractivity contribution is 7.89. The highest BCUT2D eigenvalue weighted by atomic mass is 32.2. The minimum Gasteiger partial charge on any atom is -0.497 e. The summed E-state index contributed by atoms with van der Waals surface area (Å²) in [4.78, 5) is 25.8. The van der Waals surface area contributed by atoms with E-state index in [2.05, 4.69) is 5.32 Å². The first-order valence-corrected chi connectivity index (χ1v) is 13.6. The molecule has 8 nitrogen and oxygen atoms in total. The smallest absolute Gasteiger partial charge is 0.339 e. The molecule has 3 aromatic carbocycles. The molecule has 0 aliphatic heterocycles. The molecule has 200 valence electrons. The van der Waals surface area contributed by atoms with E-state index < -0.39 is 28.5 Å². The van der Waals surface area contributed by atoms with E-state index in [0.717, 1.165) is 5.56 Å². The molecule has 0 aromatic heterocycles. The average molecular weight is 537 g/mol. The van der Waals surface area contributed by atoms with Crippen LogP contribution in [0.3, 0.4) is 0 Å². The lowest BCUT2D eigenvalue weighted by Gasteiger charge is -2.20. The summed E-state index contributed by atoms with van der Waals surface area (Å²) >= 11 is 0. The van der Waals surface area contributed by atoms with Gasteiger partial charge in [-0.3, -0.25) is 4.79 Å². The van der Waals surface area contributed by atoms with Gasteiger partial charge < -0.3 is 14.8 Å². The van der Waals surface area contributed by atoms with Crippen LogP contribution < -0.4 is 10.1 Å². The first-order valence-electron chi connectivity index (χ1n) is 12.2. The third kappa shape index (κ3) is 7.08. The lowest BCUT2D eigenvalue weighted by atomic mass is 10.0. The van der Waals surface area contributed by atoms with Gasteiger partial charge in [-0.2, -0.15) is 4.31 Å². The fraction of sp³-hybridized carbons (Fsp3) is 0.241. The van der Waals surface area contributed by atoms with E-state index in [0.29, 0.717) is 30.0 Å². The summed E-state index contributed by atoms with van der Waals surface area (Å²) in [6, 6.07) is 20.9. The Kier molecular flexibility index (Phi) is 9.81. The predicted octanol–water partition coefficient (Wildman–Crippen LogP) is 4.76. The average Bonchev–Trinajstić information content (AvgIpc) is 2.92. The van der Waals surface area contributed by atoms with Gasteiger partial charge in [0.15, 0.2) is 6.61 Å². The van der Waals surface area contributed by atoms with Crippen LogP contribution in [0.5, 0.6) is 5.75 Å². The number of benzene rings is 3. The van der Waals surface area contributed by atoms with Crippen LogP contribution in [-0.4, -0.2) is 51.4 Å². The van der Waals surface area contributed by atoms with Crippen molar-refractivity contribution in [3.8, 4) is 5.75 Å². The Morgan fingerprint density at radius 1 is 0.947 bits per heavy atom. The maximum atomic E-state index is 13.0. The Balaban J connectivity index is 1.77. The van der Waals surface area contributed by atoms with Crippen molar-refractivity contribution >= 4 is 39.2 Å².